The second-order valence-corrected chi connectivity index (χ2v) is 4.75. The summed E-state index contributed by atoms with van der Waals surface area (Å²) in [6.07, 6.45) is 3.81. The van der Waals surface area contributed by atoms with Crippen LogP contribution < -0.4 is 5.73 Å². The fraction of sp³-hybridized carbons (Fsp3) is 0.500. The number of rotatable bonds is 6. The molecular formula is C12H19NOS. The summed E-state index contributed by atoms with van der Waals surface area (Å²) in [6.45, 7) is 2.20. The molecule has 3 N–H and O–H groups in total. The number of nitrogen functional groups attached to an aromatic ring is 1. The van der Waals surface area contributed by atoms with E-state index in [1.807, 2.05) is 23.9 Å². The molecule has 1 aromatic rings. The molecule has 1 aromatic carbocycles. The highest BCUT2D eigenvalue weighted by atomic mass is 32.2. The summed E-state index contributed by atoms with van der Waals surface area (Å²) < 4.78 is 0. The zero-order valence-electron chi connectivity index (χ0n) is 9.20. The molecule has 0 amide bonds. The molecule has 84 valence electrons. The van der Waals surface area contributed by atoms with E-state index in [-0.39, 0.29) is 0 Å². The summed E-state index contributed by atoms with van der Waals surface area (Å²) in [5.41, 5.74) is 7.15. The first-order valence-electron chi connectivity index (χ1n) is 5.39. The lowest BCUT2D eigenvalue weighted by molar-refractivity contribution is 0.471. The lowest BCUT2D eigenvalue weighted by atomic mass is 10.2. The molecule has 0 saturated carbocycles. The van der Waals surface area contributed by atoms with Crippen molar-refractivity contribution in [1.29, 1.82) is 0 Å². The molecule has 2 nitrogen and oxygen atoms in total. The van der Waals surface area contributed by atoms with E-state index in [1.165, 1.54) is 19.3 Å². The first-order valence-corrected chi connectivity index (χ1v) is 6.54. The van der Waals surface area contributed by atoms with Gasteiger partial charge in [-0.1, -0.05) is 25.8 Å². The van der Waals surface area contributed by atoms with Crippen molar-refractivity contribution in [3.63, 3.8) is 0 Å². The molecular weight excluding hydrogens is 206 g/mol. The molecule has 0 spiro atoms. The number of thioether (sulfide) groups is 1. The molecule has 1 rings (SSSR count). The highest BCUT2D eigenvalue weighted by molar-refractivity contribution is 7.98. The van der Waals surface area contributed by atoms with Gasteiger partial charge in [0.2, 0.25) is 0 Å². The van der Waals surface area contributed by atoms with Gasteiger partial charge in [0.15, 0.2) is 0 Å². The van der Waals surface area contributed by atoms with Gasteiger partial charge in [-0.25, -0.2) is 0 Å². The number of phenolic OH excluding ortho intramolecular Hbond substituents is 1. The van der Waals surface area contributed by atoms with Crippen molar-refractivity contribution in [2.45, 2.75) is 31.9 Å². The Morgan fingerprint density at radius 2 is 2.13 bits per heavy atom. The fourth-order valence-corrected chi connectivity index (χ4v) is 2.36. The van der Waals surface area contributed by atoms with Gasteiger partial charge in [0.1, 0.15) is 5.75 Å². The van der Waals surface area contributed by atoms with Gasteiger partial charge in [0.25, 0.3) is 0 Å². The molecule has 0 unspecified atom stereocenters. The van der Waals surface area contributed by atoms with Gasteiger partial charge in [-0.2, -0.15) is 11.8 Å². The summed E-state index contributed by atoms with van der Waals surface area (Å²) in [6, 6.07) is 5.35. The Morgan fingerprint density at radius 3 is 2.80 bits per heavy atom. The van der Waals surface area contributed by atoms with E-state index in [1.54, 1.807) is 6.07 Å². The maximum absolute atomic E-state index is 9.60. The van der Waals surface area contributed by atoms with E-state index in [4.69, 9.17) is 5.73 Å². The third-order valence-electron chi connectivity index (χ3n) is 2.26. The summed E-state index contributed by atoms with van der Waals surface area (Å²) in [5, 5.41) is 9.60. The van der Waals surface area contributed by atoms with Gasteiger partial charge in [-0.05, 0) is 18.2 Å². The number of nitrogens with two attached hydrogens (primary N) is 1. The number of anilines is 1. The van der Waals surface area contributed by atoms with Gasteiger partial charge in [-0.15, -0.1) is 0 Å². The smallest absolute Gasteiger partial charge is 0.121 e. The molecule has 0 aliphatic heterocycles. The summed E-state index contributed by atoms with van der Waals surface area (Å²) in [5.74, 6) is 2.35. The molecule has 0 radical (unpaired) electrons. The fourth-order valence-electron chi connectivity index (χ4n) is 1.34. The summed E-state index contributed by atoms with van der Waals surface area (Å²) in [7, 11) is 0. The van der Waals surface area contributed by atoms with E-state index in [2.05, 4.69) is 6.92 Å². The van der Waals surface area contributed by atoms with Crippen LogP contribution in [0.25, 0.3) is 0 Å². The van der Waals surface area contributed by atoms with E-state index in [9.17, 15) is 5.11 Å². The van der Waals surface area contributed by atoms with Gasteiger partial charge >= 0.3 is 0 Å². The van der Waals surface area contributed by atoms with Crippen LogP contribution in [0.3, 0.4) is 0 Å². The molecule has 0 fully saturated rings. The van der Waals surface area contributed by atoms with Crippen molar-refractivity contribution in [3.05, 3.63) is 23.8 Å². The van der Waals surface area contributed by atoms with Gasteiger partial charge in [0.05, 0.1) is 0 Å². The first kappa shape index (κ1) is 12.2. The average Bonchev–Trinajstić information content (AvgIpc) is 2.20. The maximum atomic E-state index is 9.60. The molecule has 0 atom stereocenters. The van der Waals surface area contributed by atoms with Crippen LogP contribution in [0.4, 0.5) is 5.69 Å². The zero-order chi connectivity index (χ0) is 11.1. The van der Waals surface area contributed by atoms with E-state index >= 15 is 0 Å². The predicted molar refractivity (Wildman–Crippen MR) is 68.2 cm³/mol. The minimum atomic E-state index is 0.318. The number of aromatic hydroxyl groups is 1. The highest BCUT2D eigenvalue weighted by Crippen LogP contribution is 2.24. The van der Waals surface area contributed by atoms with E-state index in [0.717, 1.165) is 17.1 Å². The van der Waals surface area contributed by atoms with Crippen LogP contribution in [0, 0.1) is 0 Å². The van der Waals surface area contributed by atoms with Gasteiger partial charge < -0.3 is 10.8 Å². The standard InChI is InChI=1S/C12H19NOS/c1-2-3-4-7-15-9-10-5-6-11(13)8-12(10)14/h5-6,8,14H,2-4,7,9,13H2,1H3. The molecule has 0 aliphatic carbocycles. The van der Waals surface area contributed by atoms with Gasteiger partial charge in [0, 0.05) is 23.1 Å². The van der Waals surface area contributed by atoms with Crippen LogP contribution in [0.1, 0.15) is 31.7 Å². The number of phenols is 1. The number of hydrogen-bond acceptors (Lipinski definition) is 3. The third-order valence-corrected chi connectivity index (χ3v) is 3.35. The third kappa shape index (κ3) is 4.47. The molecule has 0 aromatic heterocycles. The van der Waals surface area contributed by atoms with Crippen LogP contribution >= 0.6 is 11.8 Å². The second-order valence-electron chi connectivity index (χ2n) is 3.65. The Bertz CT molecular complexity index is 302. The van der Waals surface area contributed by atoms with Crippen molar-refractivity contribution in [2.24, 2.45) is 0 Å². The molecule has 0 bridgehead atoms. The Balaban J connectivity index is 2.31. The number of hydrogen-bond donors (Lipinski definition) is 2. The number of unbranched alkanes of at least 4 members (excludes halogenated alkanes) is 2. The Labute approximate surface area is 95.9 Å². The van der Waals surface area contributed by atoms with E-state index in [0.29, 0.717) is 11.4 Å². The minimum Gasteiger partial charge on any atom is -0.508 e. The maximum Gasteiger partial charge on any atom is 0.121 e. The predicted octanol–water partition coefficient (Wildman–Crippen LogP) is 3.40. The molecule has 0 aliphatic rings. The van der Waals surface area contributed by atoms with Crippen molar-refractivity contribution < 1.29 is 5.11 Å². The Morgan fingerprint density at radius 1 is 1.33 bits per heavy atom. The minimum absolute atomic E-state index is 0.318. The average molecular weight is 225 g/mol. The van der Waals surface area contributed by atoms with Crippen LogP contribution in [0.15, 0.2) is 18.2 Å². The molecule has 0 saturated heterocycles. The first-order chi connectivity index (χ1) is 7.24. The monoisotopic (exact) mass is 225 g/mol. The molecule has 0 heterocycles. The van der Waals surface area contributed by atoms with E-state index < -0.39 is 0 Å². The topological polar surface area (TPSA) is 46.2 Å². The van der Waals surface area contributed by atoms with Crippen molar-refractivity contribution >= 4 is 17.4 Å². The van der Waals surface area contributed by atoms with Crippen molar-refractivity contribution in [2.75, 3.05) is 11.5 Å². The Kier molecular flexibility index (Phi) is 5.40. The molecule has 15 heavy (non-hydrogen) atoms. The highest BCUT2D eigenvalue weighted by Gasteiger charge is 2.01. The van der Waals surface area contributed by atoms with Crippen molar-refractivity contribution in [3.8, 4) is 5.75 Å². The molecule has 3 heteroatoms. The number of benzene rings is 1. The lowest BCUT2D eigenvalue weighted by Crippen LogP contribution is -1.88. The van der Waals surface area contributed by atoms with Crippen LogP contribution in [0.5, 0.6) is 5.75 Å². The SMILES string of the molecule is CCCCCSCc1ccc(N)cc1O. The lowest BCUT2D eigenvalue weighted by Gasteiger charge is -2.05. The van der Waals surface area contributed by atoms with Crippen LogP contribution in [-0.2, 0) is 5.75 Å². The van der Waals surface area contributed by atoms with Crippen LogP contribution in [-0.4, -0.2) is 10.9 Å². The van der Waals surface area contributed by atoms with Crippen LogP contribution in [0.2, 0.25) is 0 Å². The zero-order valence-corrected chi connectivity index (χ0v) is 10.0. The normalized spacial score (nSPS) is 10.5. The quantitative estimate of drug-likeness (QED) is 0.576. The summed E-state index contributed by atoms with van der Waals surface area (Å²) in [4.78, 5) is 0. The summed E-state index contributed by atoms with van der Waals surface area (Å²) >= 11 is 1.87. The second kappa shape index (κ2) is 6.62. The largest absolute Gasteiger partial charge is 0.508 e. The van der Waals surface area contributed by atoms with Crippen molar-refractivity contribution in [1.82, 2.24) is 0 Å². The Hall–Kier alpha value is -0.830. The van der Waals surface area contributed by atoms with Gasteiger partial charge in [-0.3, -0.25) is 0 Å².